The molecule has 0 spiro atoms. The second-order valence-electron chi connectivity index (χ2n) is 4.96. The van der Waals surface area contributed by atoms with Gasteiger partial charge in [-0.25, -0.2) is 9.97 Å². The summed E-state index contributed by atoms with van der Waals surface area (Å²) in [5.74, 6) is 2.55. The van der Waals surface area contributed by atoms with E-state index in [9.17, 15) is 0 Å². The van der Waals surface area contributed by atoms with Crippen LogP contribution < -0.4 is 5.32 Å². The van der Waals surface area contributed by atoms with E-state index >= 15 is 0 Å². The Labute approximate surface area is 128 Å². The summed E-state index contributed by atoms with van der Waals surface area (Å²) in [4.78, 5) is 9.44. The molecule has 1 unspecified atom stereocenters. The van der Waals surface area contributed by atoms with Crippen LogP contribution in [0.3, 0.4) is 0 Å². The maximum absolute atomic E-state index is 5.44. The van der Waals surface area contributed by atoms with Gasteiger partial charge in [-0.15, -0.1) is 0 Å². The topological polar surface area (TPSA) is 47.0 Å². The summed E-state index contributed by atoms with van der Waals surface area (Å²) in [7, 11) is 0. The van der Waals surface area contributed by atoms with Crippen molar-refractivity contribution in [1.82, 2.24) is 9.97 Å². The predicted octanol–water partition coefficient (Wildman–Crippen LogP) is 3.04. The fourth-order valence-electron chi connectivity index (χ4n) is 2.33. The number of ether oxygens (including phenoxy) is 1. The first-order valence-electron chi connectivity index (χ1n) is 7.11. The van der Waals surface area contributed by atoms with Gasteiger partial charge in [0, 0.05) is 26.2 Å². The Morgan fingerprint density at radius 3 is 2.84 bits per heavy atom. The van der Waals surface area contributed by atoms with Gasteiger partial charge in [0.25, 0.3) is 0 Å². The maximum atomic E-state index is 5.44. The molecule has 1 N–H and O–H groups in total. The summed E-state index contributed by atoms with van der Waals surface area (Å²) < 4.78 is 6.61. The number of nitrogens with zero attached hydrogens (tertiary/aromatic N) is 2. The lowest BCUT2D eigenvalue weighted by Crippen LogP contribution is -2.13. The third kappa shape index (κ3) is 4.02. The molecule has 4 nitrogen and oxygen atoms in total. The number of aromatic nitrogens is 2. The number of aryl methyl sites for hydroxylation is 1. The highest BCUT2D eigenvalue weighted by Crippen LogP contribution is 2.23. The Morgan fingerprint density at radius 2 is 2.21 bits per heavy atom. The molecule has 0 aromatic carbocycles. The standard InChI is InChI=1S/C14H22IN3O/c1-3-5-11-13(15)14(16-4-2)18-12(17-11)8-10-6-7-19-9-10/h10H,3-9H2,1-2H3,(H,16,17,18). The van der Waals surface area contributed by atoms with Gasteiger partial charge in [-0.3, -0.25) is 0 Å². The van der Waals surface area contributed by atoms with Crippen molar-refractivity contribution in [3.8, 4) is 0 Å². The van der Waals surface area contributed by atoms with Crippen LogP contribution >= 0.6 is 22.6 Å². The Hall–Kier alpha value is -0.430. The second kappa shape index (κ2) is 7.38. The number of nitrogens with one attached hydrogen (secondary N) is 1. The molecule has 5 heteroatoms. The SMILES string of the molecule is CCCc1nc(CC2CCOC2)nc(NCC)c1I. The van der Waals surface area contributed by atoms with Crippen LogP contribution in [0.2, 0.25) is 0 Å². The van der Waals surface area contributed by atoms with Gasteiger partial charge in [0.2, 0.25) is 0 Å². The van der Waals surface area contributed by atoms with Gasteiger partial charge in [0.15, 0.2) is 0 Å². The Balaban J connectivity index is 2.20. The van der Waals surface area contributed by atoms with E-state index in [1.165, 1.54) is 9.26 Å². The molecule has 1 atom stereocenters. The lowest BCUT2D eigenvalue weighted by Gasteiger charge is -2.13. The van der Waals surface area contributed by atoms with Gasteiger partial charge in [0.05, 0.1) is 9.26 Å². The summed E-state index contributed by atoms with van der Waals surface area (Å²) in [6, 6.07) is 0. The van der Waals surface area contributed by atoms with Crippen LogP contribution in [0.15, 0.2) is 0 Å². The normalized spacial score (nSPS) is 18.8. The van der Waals surface area contributed by atoms with Gasteiger partial charge < -0.3 is 10.1 Å². The van der Waals surface area contributed by atoms with Gasteiger partial charge in [0.1, 0.15) is 11.6 Å². The summed E-state index contributed by atoms with van der Waals surface area (Å²) >= 11 is 2.36. The molecule has 1 fully saturated rings. The highest BCUT2D eigenvalue weighted by molar-refractivity contribution is 14.1. The van der Waals surface area contributed by atoms with Crippen LogP contribution in [0.5, 0.6) is 0 Å². The smallest absolute Gasteiger partial charge is 0.143 e. The third-order valence-electron chi connectivity index (χ3n) is 3.29. The van der Waals surface area contributed by atoms with Crippen molar-refractivity contribution < 1.29 is 4.74 Å². The molecule has 1 aromatic rings. The molecule has 1 saturated heterocycles. The molecule has 0 amide bonds. The quantitative estimate of drug-likeness (QED) is 0.777. The average Bonchev–Trinajstić information content (AvgIpc) is 2.88. The number of anilines is 1. The Kier molecular flexibility index (Phi) is 5.81. The van der Waals surface area contributed by atoms with Crippen LogP contribution in [0.1, 0.15) is 38.2 Å². The van der Waals surface area contributed by atoms with Gasteiger partial charge >= 0.3 is 0 Å². The Morgan fingerprint density at radius 1 is 1.37 bits per heavy atom. The highest BCUT2D eigenvalue weighted by atomic mass is 127. The van der Waals surface area contributed by atoms with E-state index in [1.807, 2.05) is 0 Å². The van der Waals surface area contributed by atoms with Crippen LogP contribution in [-0.4, -0.2) is 29.7 Å². The monoisotopic (exact) mass is 375 g/mol. The minimum absolute atomic E-state index is 0.587. The molecule has 2 rings (SSSR count). The first kappa shape index (κ1) is 15.0. The fraction of sp³-hybridized carbons (Fsp3) is 0.714. The molecule has 0 radical (unpaired) electrons. The number of hydrogen-bond donors (Lipinski definition) is 1. The summed E-state index contributed by atoms with van der Waals surface area (Å²) in [6.07, 6.45) is 4.21. The number of rotatable bonds is 6. The molecule has 1 aliphatic heterocycles. The molecular formula is C14H22IN3O. The lowest BCUT2D eigenvalue weighted by molar-refractivity contribution is 0.185. The van der Waals surface area contributed by atoms with Crippen LogP contribution in [0.25, 0.3) is 0 Å². The van der Waals surface area contributed by atoms with Gasteiger partial charge in [-0.1, -0.05) is 13.3 Å². The molecule has 2 heterocycles. The van der Waals surface area contributed by atoms with Crippen molar-refractivity contribution >= 4 is 28.4 Å². The van der Waals surface area contributed by atoms with Crippen molar-refractivity contribution in [3.05, 3.63) is 15.1 Å². The zero-order chi connectivity index (χ0) is 13.7. The summed E-state index contributed by atoms with van der Waals surface area (Å²) in [6.45, 7) is 6.92. The molecule has 1 aromatic heterocycles. The van der Waals surface area contributed by atoms with Crippen molar-refractivity contribution in [2.45, 2.75) is 39.5 Å². The first-order valence-corrected chi connectivity index (χ1v) is 8.19. The van der Waals surface area contributed by atoms with Crippen LogP contribution in [-0.2, 0) is 17.6 Å². The molecule has 0 saturated carbocycles. The van der Waals surface area contributed by atoms with Gasteiger partial charge in [-0.05, 0) is 48.3 Å². The molecule has 106 valence electrons. The van der Waals surface area contributed by atoms with E-state index < -0.39 is 0 Å². The molecule has 0 aliphatic carbocycles. The Bertz CT molecular complexity index is 392. The van der Waals surface area contributed by atoms with E-state index in [0.29, 0.717) is 5.92 Å². The second-order valence-corrected chi connectivity index (χ2v) is 6.04. The molecule has 1 aliphatic rings. The minimum Gasteiger partial charge on any atom is -0.381 e. The first-order chi connectivity index (χ1) is 9.24. The average molecular weight is 375 g/mol. The molecule has 19 heavy (non-hydrogen) atoms. The summed E-state index contributed by atoms with van der Waals surface area (Å²) in [5, 5.41) is 3.35. The van der Waals surface area contributed by atoms with E-state index in [4.69, 9.17) is 9.72 Å². The minimum atomic E-state index is 0.587. The van der Waals surface area contributed by atoms with E-state index in [1.54, 1.807) is 0 Å². The zero-order valence-electron chi connectivity index (χ0n) is 11.7. The van der Waals surface area contributed by atoms with Crippen molar-refractivity contribution in [2.24, 2.45) is 5.92 Å². The van der Waals surface area contributed by atoms with Crippen molar-refractivity contribution in [1.29, 1.82) is 0 Å². The zero-order valence-corrected chi connectivity index (χ0v) is 13.9. The fourth-order valence-corrected chi connectivity index (χ4v) is 3.03. The molecule has 0 bridgehead atoms. The number of hydrogen-bond acceptors (Lipinski definition) is 4. The summed E-state index contributed by atoms with van der Waals surface area (Å²) in [5.41, 5.74) is 1.18. The highest BCUT2D eigenvalue weighted by Gasteiger charge is 2.19. The van der Waals surface area contributed by atoms with Crippen LogP contribution in [0, 0.1) is 9.49 Å². The van der Waals surface area contributed by atoms with E-state index in [0.717, 1.165) is 57.1 Å². The van der Waals surface area contributed by atoms with E-state index in [-0.39, 0.29) is 0 Å². The third-order valence-corrected chi connectivity index (χ3v) is 4.43. The predicted molar refractivity (Wildman–Crippen MR) is 85.5 cm³/mol. The largest absolute Gasteiger partial charge is 0.381 e. The molecular weight excluding hydrogens is 353 g/mol. The van der Waals surface area contributed by atoms with Gasteiger partial charge in [-0.2, -0.15) is 0 Å². The maximum Gasteiger partial charge on any atom is 0.143 e. The van der Waals surface area contributed by atoms with Crippen molar-refractivity contribution in [3.63, 3.8) is 0 Å². The lowest BCUT2D eigenvalue weighted by atomic mass is 10.0. The number of halogens is 1. The van der Waals surface area contributed by atoms with E-state index in [2.05, 4.69) is 46.7 Å². The van der Waals surface area contributed by atoms with Crippen molar-refractivity contribution in [2.75, 3.05) is 25.1 Å². The van der Waals surface area contributed by atoms with Crippen LogP contribution in [0.4, 0.5) is 5.82 Å².